The largest absolute Gasteiger partial charge is 0.493 e. The van der Waals surface area contributed by atoms with Crippen molar-refractivity contribution < 1.29 is 29.9 Å². The van der Waals surface area contributed by atoms with Gasteiger partial charge in [0.15, 0.2) is 0 Å². The van der Waals surface area contributed by atoms with E-state index < -0.39 is 22.4 Å². The van der Waals surface area contributed by atoms with E-state index in [-0.39, 0.29) is 10.8 Å². The topological polar surface area (TPSA) is 99.4 Å². The molecule has 0 aliphatic heterocycles. The van der Waals surface area contributed by atoms with Gasteiger partial charge in [0.25, 0.3) is 0 Å². The van der Waals surface area contributed by atoms with Gasteiger partial charge in [-0.2, -0.15) is 0 Å². The minimum atomic E-state index is -1.07. The fourth-order valence-corrected chi connectivity index (χ4v) is 4.73. The second-order valence-electron chi connectivity index (χ2n) is 14.8. The van der Waals surface area contributed by atoms with Crippen LogP contribution in [0.4, 0.5) is 0 Å². The Hall–Kier alpha value is -2.12. The van der Waals surface area contributed by atoms with E-state index in [1.54, 1.807) is 55.4 Å². The van der Waals surface area contributed by atoms with Crippen molar-refractivity contribution in [2.45, 2.75) is 112 Å². The van der Waals surface area contributed by atoms with Crippen molar-refractivity contribution in [2.75, 3.05) is 13.2 Å². The van der Waals surface area contributed by atoms with Crippen molar-refractivity contribution in [3.8, 4) is 11.5 Å². The molecule has 0 heterocycles. The first-order valence-electron chi connectivity index (χ1n) is 13.8. The number of ether oxygens (including phenoxy) is 2. The summed E-state index contributed by atoms with van der Waals surface area (Å²) in [5.74, 6) is 1.22. The molecule has 0 spiro atoms. The molecular formula is C33H52O6. The summed E-state index contributed by atoms with van der Waals surface area (Å²) in [4.78, 5) is 0. The fraction of sp³-hybridized carbons (Fsp3) is 0.636. The van der Waals surface area contributed by atoms with Crippen LogP contribution in [0.1, 0.15) is 112 Å². The van der Waals surface area contributed by atoms with E-state index in [2.05, 4.69) is 27.7 Å². The molecule has 0 aliphatic carbocycles. The zero-order chi connectivity index (χ0) is 30.2. The van der Waals surface area contributed by atoms with E-state index in [1.165, 1.54) is 0 Å². The highest BCUT2D eigenvalue weighted by Crippen LogP contribution is 2.37. The Morgan fingerprint density at radius 3 is 0.872 bits per heavy atom. The minimum Gasteiger partial charge on any atom is -0.493 e. The smallest absolute Gasteiger partial charge is 0.120 e. The quantitative estimate of drug-likeness (QED) is 0.244. The molecule has 0 radical (unpaired) electrons. The summed E-state index contributed by atoms with van der Waals surface area (Å²) >= 11 is 0. The van der Waals surface area contributed by atoms with Gasteiger partial charge in [-0.3, -0.25) is 0 Å². The van der Waals surface area contributed by atoms with Gasteiger partial charge in [-0.1, -0.05) is 27.7 Å². The lowest BCUT2D eigenvalue weighted by Gasteiger charge is -2.35. The number of hydrogen-bond acceptors (Lipinski definition) is 6. The molecule has 0 amide bonds. The number of rotatable bonds is 12. The second kappa shape index (κ2) is 11.0. The maximum atomic E-state index is 10.6. The van der Waals surface area contributed by atoms with Gasteiger partial charge in [0.1, 0.15) is 11.5 Å². The first kappa shape index (κ1) is 33.1. The zero-order valence-corrected chi connectivity index (χ0v) is 26.2. The standard InChI is InChI=1S/C33H52O6/c1-28(2,20-38-26-15-22(30(5,6)34)13-23(16-26)31(7,8)35)19-29(3,4)21-39-27-17-24(32(9,10)36)14-25(18-27)33(11,12)37/h13-18,34-37H,19-21H2,1-12H3. The first-order valence-corrected chi connectivity index (χ1v) is 13.8. The summed E-state index contributed by atoms with van der Waals surface area (Å²) in [6.45, 7) is 23.2. The Bertz CT molecular complexity index is 965. The normalized spacial score (nSPS) is 13.9. The molecule has 0 saturated carbocycles. The Labute approximate surface area is 236 Å². The second-order valence-corrected chi connectivity index (χ2v) is 14.8. The highest BCUT2D eigenvalue weighted by Gasteiger charge is 2.32. The number of aliphatic hydroxyl groups is 4. The van der Waals surface area contributed by atoms with Crippen molar-refractivity contribution in [1.29, 1.82) is 0 Å². The van der Waals surface area contributed by atoms with Gasteiger partial charge in [-0.15, -0.1) is 0 Å². The molecule has 0 unspecified atom stereocenters. The van der Waals surface area contributed by atoms with Crippen molar-refractivity contribution in [3.63, 3.8) is 0 Å². The van der Waals surface area contributed by atoms with Crippen LogP contribution in [0, 0.1) is 10.8 Å². The highest BCUT2D eigenvalue weighted by atomic mass is 16.5. The van der Waals surface area contributed by atoms with Gasteiger partial charge in [0, 0.05) is 0 Å². The Morgan fingerprint density at radius 1 is 0.436 bits per heavy atom. The lowest BCUT2D eigenvalue weighted by atomic mass is 9.76. The molecule has 220 valence electrons. The molecule has 0 fully saturated rings. The Kier molecular flexibility index (Phi) is 9.37. The number of hydrogen-bond donors (Lipinski definition) is 4. The van der Waals surface area contributed by atoms with Gasteiger partial charge in [0.2, 0.25) is 0 Å². The summed E-state index contributed by atoms with van der Waals surface area (Å²) in [6, 6.07) is 10.9. The summed E-state index contributed by atoms with van der Waals surface area (Å²) in [6.07, 6.45) is 0.799. The van der Waals surface area contributed by atoms with Crippen LogP contribution in [0.2, 0.25) is 0 Å². The minimum absolute atomic E-state index is 0.209. The zero-order valence-electron chi connectivity index (χ0n) is 26.2. The third-order valence-electron chi connectivity index (χ3n) is 6.86. The maximum Gasteiger partial charge on any atom is 0.120 e. The Balaban J connectivity index is 2.17. The molecule has 0 saturated heterocycles. The van der Waals surface area contributed by atoms with Gasteiger partial charge in [0.05, 0.1) is 35.6 Å². The SMILES string of the molecule is CC(C)(COc1cc(C(C)(C)O)cc(C(C)(C)O)c1)CC(C)(C)COc1cc(C(C)(C)O)cc(C(C)(C)O)c1. The van der Waals surface area contributed by atoms with Crippen LogP contribution in [0.5, 0.6) is 11.5 Å². The van der Waals surface area contributed by atoms with Crippen LogP contribution in [-0.4, -0.2) is 33.6 Å². The molecule has 39 heavy (non-hydrogen) atoms. The molecule has 0 atom stereocenters. The average molecular weight is 545 g/mol. The van der Waals surface area contributed by atoms with E-state index in [0.29, 0.717) is 47.0 Å². The van der Waals surface area contributed by atoms with Crippen LogP contribution in [0.25, 0.3) is 0 Å². The molecule has 6 heteroatoms. The van der Waals surface area contributed by atoms with Crippen molar-refractivity contribution >= 4 is 0 Å². The molecule has 2 aromatic carbocycles. The van der Waals surface area contributed by atoms with Gasteiger partial charge < -0.3 is 29.9 Å². The lowest BCUT2D eigenvalue weighted by molar-refractivity contribution is 0.0678. The maximum absolute atomic E-state index is 10.6. The van der Waals surface area contributed by atoms with Crippen LogP contribution in [0.15, 0.2) is 36.4 Å². The monoisotopic (exact) mass is 544 g/mol. The predicted octanol–water partition coefficient (Wildman–Crippen LogP) is 6.50. The van der Waals surface area contributed by atoms with Crippen LogP contribution in [-0.2, 0) is 22.4 Å². The number of benzene rings is 2. The summed E-state index contributed by atoms with van der Waals surface area (Å²) < 4.78 is 12.5. The van der Waals surface area contributed by atoms with E-state index in [1.807, 2.05) is 36.4 Å². The molecule has 4 N–H and O–H groups in total. The van der Waals surface area contributed by atoms with Gasteiger partial charge >= 0.3 is 0 Å². The summed E-state index contributed by atoms with van der Waals surface area (Å²) in [5, 5.41) is 42.3. The van der Waals surface area contributed by atoms with Crippen LogP contribution in [0.3, 0.4) is 0 Å². The van der Waals surface area contributed by atoms with Crippen LogP contribution >= 0.6 is 0 Å². The third-order valence-corrected chi connectivity index (χ3v) is 6.86. The van der Waals surface area contributed by atoms with E-state index >= 15 is 0 Å². The van der Waals surface area contributed by atoms with Crippen molar-refractivity contribution in [3.05, 3.63) is 58.7 Å². The molecular weight excluding hydrogens is 492 g/mol. The molecule has 0 aromatic heterocycles. The predicted molar refractivity (Wildman–Crippen MR) is 157 cm³/mol. The summed E-state index contributed by atoms with van der Waals surface area (Å²) in [7, 11) is 0. The first-order chi connectivity index (χ1) is 17.3. The van der Waals surface area contributed by atoms with Crippen molar-refractivity contribution in [1.82, 2.24) is 0 Å². The third kappa shape index (κ3) is 10.1. The van der Waals surface area contributed by atoms with E-state index in [0.717, 1.165) is 6.42 Å². The Morgan fingerprint density at radius 2 is 0.667 bits per heavy atom. The fourth-order valence-electron chi connectivity index (χ4n) is 4.73. The van der Waals surface area contributed by atoms with Crippen molar-refractivity contribution in [2.24, 2.45) is 10.8 Å². The molecule has 2 aromatic rings. The van der Waals surface area contributed by atoms with Gasteiger partial charge in [-0.05, 0) is 131 Å². The molecule has 6 nitrogen and oxygen atoms in total. The highest BCUT2D eigenvalue weighted by molar-refractivity contribution is 5.40. The van der Waals surface area contributed by atoms with E-state index in [4.69, 9.17) is 9.47 Å². The molecule has 2 rings (SSSR count). The molecule has 0 aliphatic rings. The average Bonchev–Trinajstić information content (AvgIpc) is 2.73. The van der Waals surface area contributed by atoms with Gasteiger partial charge in [-0.25, -0.2) is 0 Å². The lowest BCUT2D eigenvalue weighted by Crippen LogP contribution is -2.32. The molecule has 0 bridgehead atoms. The van der Waals surface area contributed by atoms with Crippen LogP contribution < -0.4 is 9.47 Å². The summed E-state index contributed by atoms with van der Waals surface area (Å²) in [5.41, 5.74) is -1.96. The van der Waals surface area contributed by atoms with E-state index in [9.17, 15) is 20.4 Å².